The van der Waals surface area contributed by atoms with Gasteiger partial charge in [0.25, 0.3) is 0 Å². The smallest absolute Gasteiger partial charge is 0.246 e. The van der Waals surface area contributed by atoms with Gasteiger partial charge in [-0.2, -0.15) is 5.10 Å². The van der Waals surface area contributed by atoms with E-state index < -0.39 is 0 Å². The first kappa shape index (κ1) is 18.5. The number of carbonyl (C=O) groups is 1. The summed E-state index contributed by atoms with van der Waals surface area (Å²) in [5, 5.41) is 4.15. The average molecular weight is 354 g/mol. The van der Waals surface area contributed by atoms with Crippen molar-refractivity contribution in [2.75, 3.05) is 7.05 Å². The highest BCUT2D eigenvalue weighted by atomic mass is 16.2. The van der Waals surface area contributed by atoms with E-state index in [4.69, 9.17) is 0 Å². The molecule has 0 atom stereocenters. The van der Waals surface area contributed by atoms with Gasteiger partial charge in [-0.15, -0.1) is 0 Å². The van der Waals surface area contributed by atoms with E-state index in [9.17, 15) is 4.79 Å². The SMILES string of the molecule is Cc1cc(/C=C/C(=O)N(C)Cc2cnn(C)c2)c(C)n1C1CCCCC1. The third kappa shape index (κ3) is 4.09. The summed E-state index contributed by atoms with van der Waals surface area (Å²) in [5.41, 5.74) is 4.75. The Morgan fingerprint density at radius 1 is 1.31 bits per heavy atom. The molecule has 1 saturated carbocycles. The van der Waals surface area contributed by atoms with Crippen LogP contribution in [0.3, 0.4) is 0 Å². The first-order valence-corrected chi connectivity index (χ1v) is 9.55. The fraction of sp³-hybridized carbons (Fsp3) is 0.524. The summed E-state index contributed by atoms with van der Waals surface area (Å²) < 4.78 is 4.23. The summed E-state index contributed by atoms with van der Waals surface area (Å²) in [6, 6.07) is 2.82. The van der Waals surface area contributed by atoms with Gasteiger partial charge in [0.2, 0.25) is 5.91 Å². The zero-order chi connectivity index (χ0) is 18.7. The number of aromatic nitrogens is 3. The average Bonchev–Trinajstić information content (AvgIpc) is 3.15. The molecule has 0 saturated heterocycles. The zero-order valence-corrected chi connectivity index (χ0v) is 16.4. The van der Waals surface area contributed by atoms with Crippen LogP contribution in [0.25, 0.3) is 6.08 Å². The summed E-state index contributed by atoms with van der Waals surface area (Å²) in [6.45, 7) is 4.92. The Labute approximate surface area is 156 Å². The minimum atomic E-state index is 0.0105. The first-order chi connectivity index (χ1) is 12.5. The number of hydrogen-bond acceptors (Lipinski definition) is 2. The lowest BCUT2D eigenvalue weighted by atomic mass is 9.95. The van der Waals surface area contributed by atoms with E-state index in [1.165, 1.54) is 43.5 Å². The predicted molar refractivity (Wildman–Crippen MR) is 105 cm³/mol. The normalized spacial score (nSPS) is 15.7. The summed E-state index contributed by atoms with van der Waals surface area (Å²) in [4.78, 5) is 14.2. The van der Waals surface area contributed by atoms with Crippen molar-refractivity contribution >= 4 is 12.0 Å². The molecular formula is C21H30N4O. The lowest BCUT2D eigenvalue weighted by Crippen LogP contribution is -2.23. The maximum Gasteiger partial charge on any atom is 0.246 e. The third-order valence-corrected chi connectivity index (χ3v) is 5.42. The molecule has 2 aromatic heterocycles. The molecule has 1 amide bonds. The maximum atomic E-state index is 12.4. The van der Waals surface area contributed by atoms with Gasteiger partial charge < -0.3 is 9.47 Å². The molecule has 2 aromatic rings. The van der Waals surface area contributed by atoms with E-state index in [2.05, 4.69) is 29.6 Å². The highest BCUT2D eigenvalue weighted by Gasteiger charge is 2.19. The molecule has 0 bridgehead atoms. The second-order valence-corrected chi connectivity index (χ2v) is 7.54. The van der Waals surface area contributed by atoms with Gasteiger partial charge in [-0.3, -0.25) is 9.48 Å². The molecule has 0 aromatic carbocycles. The number of aryl methyl sites for hydroxylation is 2. The van der Waals surface area contributed by atoms with Crippen molar-refractivity contribution in [3.8, 4) is 0 Å². The van der Waals surface area contributed by atoms with Crippen LogP contribution in [0, 0.1) is 13.8 Å². The standard InChI is InChI=1S/C21H30N4O/c1-16-12-19(17(2)25(16)20-8-6-5-7-9-20)10-11-21(26)23(3)14-18-13-22-24(4)15-18/h10-13,15,20H,5-9,14H2,1-4H3/b11-10+. The monoisotopic (exact) mass is 354 g/mol. The van der Waals surface area contributed by atoms with Crippen molar-refractivity contribution < 1.29 is 4.79 Å². The van der Waals surface area contributed by atoms with Crippen molar-refractivity contribution in [2.24, 2.45) is 7.05 Å². The molecule has 1 fully saturated rings. The van der Waals surface area contributed by atoms with Crippen LogP contribution in [0.5, 0.6) is 0 Å². The van der Waals surface area contributed by atoms with E-state index in [0.717, 1.165) is 11.1 Å². The third-order valence-electron chi connectivity index (χ3n) is 5.42. The summed E-state index contributed by atoms with van der Waals surface area (Å²) in [6.07, 6.45) is 13.9. The van der Waals surface area contributed by atoms with E-state index in [0.29, 0.717) is 12.6 Å². The van der Waals surface area contributed by atoms with Crippen molar-refractivity contribution in [3.63, 3.8) is 0 Å². The fourth-order valence-electron chi connectivity index (χ4n) is 4.07. The van der Waals surface area contributed by atoms with E-state index in [-0.39, 0.29) is 5.91 Å². The molecule has 26 heavy (non-hydrogen) atoms. The minimum Gasteiger partial charge on any atom is -0.346 e. The predicted octanol–water partition coefficient (Wildman–Crippen LogP) is 4.02. The Morgan fingerprint density at radius 3 is 2.69 bits per heavy atom. The van der Waals surface area contributed by atoms with E-state index in [1.807, 2.05) is 26.4 Å². The Balaban J connectivity index is 1.68. The van der Waals surface area contributed by atoms with Gasteiger partial charge in [0, 0.05) is 55.9 Å². The summed E-state index contributed by atoms with van der Waals surface area (Å²) in [7, 11) is 3.71. The zero-order valence-electron chi connectivity index (χ0n) is 16.4. The van der Waals surface area contributed by atoms with Crippen LogP contribution in [0.1, 0.15) is 60.7 Å². The Kier molecular flexibility index (Phi) is 5.64. The quantitative estimate of drug-likeness (QED) is 0.761. The number of rotatable bonds is 5. The number of carbonyl (C=O) groups excluding carboxylic acids is 1. The van der Waals surface area contributed by atoms with Crippen molar-refractivity contribution in [1.82, 2.24) is 19.2 Å². The molecule has 0 unspecified atom stereocenters. The van der Waals surface area contributed by atoms with Crippen molar-refractivity contribution in [1.29, 1.82) is 0 Å². The molecule has 0 radical (unpaired) electrons. The van der Waals surface area contributed by atoms with E-state index >= 15 is 0 Å². The Bertz CT molecular complexity index is 793. The van der Waals surface area contributed by atoms with Gasteiger partial charge in [-0.1, -0.05) is 19.3 Å². The molecule has 0 N–H and O–H groups in total. The van der Waals surface area contributed by atoms with Crippen molar-refractivity contribution in [3.05, 3.63) is 47.1 Å². The molecule has 0 aliphatic heterocycles. The summed E-state index contributed by atoms with van der Waals surface area (Å²) in [5.74, 6) is 0.0105. The second-order valence-electron chi connectivity index (χ2n) is 7.54. The molecule has 1 aliphatic rings. The van der Waals surface area contributed by atoms with Gasteiger partial charge in [-0.05, 0) is 44.4 Å². The molecule has 3 rings (SSSR count). The van der Waals surface area contributed by atoms with E-state index in [1.54, 1.807) is 21.9 Å². The molecule has 1 aliphatic carbocycles. The molecule has 2 heterocycles. The van der Waals surface area contributed by atoms with Crippen LogP contribution in [-0.2, 0) is 18.4 Å². The highest BCUT2D eigenvalue weighted by Crippen LogP contribution is 2.32. The number of amides is 1. The Morgan fingerprint density at radius 2 is 2.04 bits per heavy atom. The van der Waals surface area contributed by atoms with Gasteiger partial charge >= 0.3 is 0 Å². The summed E-state index contributed by atoms with van der Waals surface area (Å²) >= 11 is 0. The molecule has 5 heteroatoms. The maximum absolute atomic E-state index is 12.4. The molecule has 0 spiro atoms. The lowest BCUT2D eigenvalue weighted by molar-refractivity contribution is -0.125. The fourth-order valence-corrected chi connectivity index (χ4v) is 4.07. The second kappa shape index (κ2) is 7.94. The van der Waals surface area contributed by atoms with Gasteiger partial charge in [-0.25, -0.2) is 0 Å². The van der Waals surface area contributed by atoms with Crippen LogP contribution in [-0.4, -0.2) is 32.2 Å². The van der Waals surface area contributed by atoms with Crippen LogP contribution in [0.15, 0.2) is 24.5 Å². The minimum absolute atomic E-state index is 0.0105. The number of hydrogen-bond donors (Lipinski definition) is 0. The number of likely N-dealkylation sites (N-methyl/N-ethyl adjacent to an activating group) is 1. The first-order valence-electron chi connectivity index (χ1n) is 9.55. The molecule has 5 nitrogen and oxygen atoms in total. The Hall–Kier alpha value is -2.30. The van der Waals surface area contributed by atoms with Crippen LogP contribution in [0.2, 0.25) is 0 Å². The van der Waals surface area contributed by atoms with Crippen LogP contribution in [0.4, 0.5) is 0 Å². The molecule has 140 valence electrons. The largest absolute Gasteiger partial charge is 0.346 e. The lowest BCUT2D eigenvalue weighted by Gasteiger charge is -2.26. The molecular weight excluding hydrogens is 324 g/mol. The van der Waals surface area contributed by atoms with Crippen LogP contribution >= 0.6 is 0 Å². The number of nitrogens with zero attached hydrogens (tertiary/aromatic N) is 4. The van der Waals surface area contributed by atoms with Gasteiger partial charge in [0.1, 0.15) is 0 Å². The topological polar surface area (TPSA) is 43.1 Å². The van der Waals surface area contributed by atoms with Gasteiger partial charge in [0.05, 0.1) is 6.20 Å². The van der Waals surface area contributed by atoms with Crippen molar-refractivity contribution in [2.45, 2.75) is 58.5 Å². The van der Waals surface area contributed by atoms with Crippen LogP contribution < -0.4 is 0 Å². The van der Waals surface area contributed by atoms with Gasteiger partial charge in [0.15, 0.2) is 0 Å². The highest BCUT2D eigenvalue weighted by molar-refractivity contribution is 5.91.